The number of rotatable bonds is 2. The highest BCUT2D eigenvalue weighted by Crippen LogP contribution is 2.14. The smallest absolute Gasteiger partial charge is 0.0505 e. The van der Waals surface area contributed by atoms with Crippen molar-refractivity contribution in [3.05, 3.63) is 0 Å². The second-order valence-corrected chi connectivity index (χ2v) is 2.75. The molecule has 0 radical (unpaired) electrons. The summed E-state index contributed by atoms with van der Waals surface area (Å²) in [6.07, 6.45) is 1.27. The molecule has 0 amide bonds. The molecule has 2 nitrogen and oxygen atoms in total. The molecule has 0 aromatic rings. The van der Waals surface area contributed by atoms with Gasteiger partial charge in [-0.15, -0.1) is 0 Å². The van der Waals surface area contributed by atoms with Crippen molar-refractivity contribution in [2.24, 2.45) is 5.92 Å². The van der Waals surface area contributed by atoms with Crippen LogP contribution in [0.5, 0.6) is 0 Å². The molecule has 1 aliphatic heterocycles. The zero-order chi connectivity index (χ0) is 6.69. The number of methoxy groups -OCH3 is 1. The summed E-state index contributed by atoms with van der Waals surface area (Å²) in [7, 11) is 1.77. The van der Waals surface area contributed by atoms with Crippen molar-refractivity contribution in [3.63, 3.8) is 0 Å². The first-order valence-electron chi connectivity index (χ1n) is 3.57. The van der Waals surface area contributed by atoms with Crippen molar-refractivity contribution in [2.45, 2.75) is 19.4 Å². The molecule has 0 aromatic heterocycles. The molecule has 1 aliphatic rings. The highest BCUT2D eigenvalue weighted by molar-refractivity contribution is 4.79. The summed E-state index contributed by atoms with van der Waals surface area (Å²) in [5.41, 5.74) is 0. The molecule has 0 aromatic carbocycles. The topological polar surface area (TPSA) is 21.3 Å². The van der Waals surface area contributed by atoms with E-state index in [1.54, 1.807) is 7.11 Å². The lowest BCUT2D eigenvalue weighted by atomic mass is 10.0. The van der Waals surface area contributed by atoms with Crippen LogP contribution >= 0.6 is 0 Å². The SMILES string of the molecule is COC[C@H]1CCN[C@H]1C. The van der Waals surface area contributed by atoms with E-state index >= 15 is 0 Å². The minimum absolute atomic E-state index is 0.657. The van der Waals surface area contributed by atoms with Crippen LogP contribution in [0.2, 0.25) is 0 Å². The van der Waals surface area contributed by atoms with Crippen LogP contribution in [0.3, 0.4) is 0 Å². The van der Waals surface area contributed by atoms with Crippen LogP contribution in [-0.4, -0.2) is 26.3 Å². The van der Waals surface area contributed by atoms with E-state index in [-0.39, 0.29) is 0 Å². The van der Waals surface area contributed by atoms with Gasteiger partial charge >= 0.3 is 0 Å². The highest BCUT2D eigenvalue weighted by atomic mass is 16.5. The van der Waals surface area contributed by atoms with Gasteiger partial charge in [-0.2, -0.15) is 0 Å². The summed E-state index contributed by atoms with van der Waals surface area (Å²) in [4.78, 5) is 0. The predicted molar refractivity (Wildman–Crippen MR) is 37.4 cm³/mol. The minimum Gasteiger partial charge on any atom is -0.384 e. The van der Waals surface area contributed by atoms with Crippen LogP contribution in [0.25, 0.3) is 0 Å². The largest absolute Gasteiger partial charge is 0.384 e. The van der Waals surface area contributed by atoms with Crippen molar-refractivity contribution in [1.29, 1.82) is 0 Å². The Morgan fingerprint density at radius 2 is 2.44 bits per heavy atom. The summed E-state index contributed by atoms with van der Waals surface area (Å²) in [5, 5.41) is 3.37. The average Bonchev–Trinajstić information content (AvgIpc) is 2.18. The molecule has 2 atom stereocenters. The van der Waals surface area contributed by atoms with Gasteiger partial charge in [0.2, 0.25) is 0 Å². The maximum atomic E-state index is 5.06. The molecule has 1 N–H and O–H groups in total. The summed E-state index contributed by atoms with van der Waals surface area (Å²) in [6.45, 7) is 4.29. The Labute approximate surface area is 56.6 Å². The molecular formula is C7H15NO. The molecule has 0 bridgehead atoms. The Hall–Kier alpha value is -0.0800. The standard InChI is InChI=1S/C7H15NO/c1-6-7(5-9-2)3-4-8-6/h6-8H,3-5H2,1-2H3/t6-,7+/m0/s1. The molecule has 1 heterocycles. The zero-order valence-corrected chi connectivity index (χ0v) is 6.18. The molecular weight excluding hydrogens is 114 g/mol. The third-order valence-electron chi connectivity index (χ3n) is 2.07. The van der Waals surface area contributed by atoms with E-state index in [0.717, 1.165) is 19.1 Å². The Balaban J connectivity index is 2.22. The maximum absolute atomic E-state index is 5.06. The van der Waals surface area contributed by atoms with E-state index in [1.165, 1.54) is 6.42 Å². The second kappa shape index (κ2) is 3.18. The molecule has 1 saturated heterocycles. The molecule has 2 heteroatoms. The fourth-order valence-corrected chi connectivity index (χ4v) is 1.35. The lowest BCUT2D eigenvalue weighted by Crippen LogP contribution is -2.25. The molecule has 9 heavy (non-hydrogen) atoms. The van der Waals surface area contributed by atoms with Crippen LogP contribution < -0.4 is 5.32 Å². The molecule has 1 fully saturated rings. The molecule has 1 rings (SSSR count). The molecule has 0 aliphatic carbocycles. The van der Waals surface area contributed by atoms with Gasteiger partial charge in [0.15, 0.2) is 0 Å². The van der Waals surface area contributed by atoms with Gasteiger partial charge in [0.1, 0.15) is 0 Å². The van der Waals surface area contributed by atoms with Gasteiger partial charge in [0, 0.05) is 13.2 Å². The van der Waals surface area contributed by atoms with Crippen LogP contribution in [0, 0.1) is 5.92 Å². The van der Waals surface area contributed by atoms with Crippen molar-refractivity contribution in [2.75, 3.05) is 20.3 Å². The Kier molecular flexibility index (Phi) is 2.49. The summed E-state index contributed by atoms with van der Waals surface area (Å²) < 4.78 is 5.06. The second-order valence-electron chi connectivity index (χ2n) is 2.75. The highest BCUT2D eigenvalue weighted by Gasteiger charge is 2.21. The van der Waals surface area contributed by atoms with E-state index in [9.17, 15) is 0 Å². The fourth-order valence-electron chi connectivity index (χ4n) is 1.35. The minimum atomic E-state index is 0.657. The lowest BCUT2D eigenvalue weighted by Gasteiger charge is -2.12. The third kappa shape index (κ3) is 1.66. The van der Waals surface area contributed by atoms with E-state index in [4.69, 9.17) is 4.74 Å². The number of ether oxygens (including phenoxy) is 1. The number of hydrogen-bond acceptors (Lipinski definition) is 2. The normalized spacial score (nSPS) is 35.3. The first-order chi connectivity index (χ1) is 4.34. The first-order valence-corrected chi connectivity index (χ1v) is 3.57. The first kappa shape index (κ1) is 7.03. The lowest BCUT2D eigenvalue weighted by molar-refractivity contribution is 0.148. The molecule has 0 saturated carbocycles. The summed E-state index contributed by atoms with van der Waals surface area (Å²) >= 11 is 0. The summed E-state index contributed by atoms with van der Waals surface area (Å²) in [6, 6.07) is 0.657. The third-order valence-corrected chi connectivity index (χ3v) is 2.07. The van der Waals surface area contributed by atoms with Gasteiger partial charge in [-0.1, -0.05) is 0 Å². The van der Waals surface area contributed by atoms with Gasteiger partial charge in [0.25, 0.3) is 0 Å². The van der Waals surface area contributed by atoms with Gasteiger partial charge in [-0.25, -0.2) is 0 Å². The number of nitrogens with one attached hydrogen (secondary N) is 1. The van der Waals surface area contributed by atoms with Gasteiger partial charge in [-0.3, -0.25) is 0 Å². The Morgan fingerprint density at radius 3 is 2.89 bits per heavy atom. The predicted octanol–water partition coefficient (Wildman–Crippen LogP) is 0.631. The van der Waals surface area contributed by atoms with Gasteiger partial charge < -0.3 is 10.1 Å². The Bertz CT molecular complexity index is 85.0. The van der Waals surface area contributed by atoms with Crippen LogP contribution in [0.1, 0.15) is 13.3 Å². The van der Waals surface area contributed by atoms with E-state index < -0.39 is 0 Å². The van der Waals surface area contributed by atoms with E-state index in [1.807, 2.05) is 0 Å². The molecule has 0 unspecified atom stereocenters. The Morgan fingerprint density at radius 1 is 1.67 bits per heavy atom. The van der Waals surface area contributed by atoms with Gasteiger partial charge in [-0.05, 0) is 25.8 Å². The fraction of sp³-hybridized carbons (Fsp3) is 1.00. The van der Waals surface area contributed by atoms with Crippen LogP contribution in [-0.2, 0) is 4.74 Å². The van der Waals surface area contributed by atoms with Crippen LogP contribution in [0.15, 0.2) is 0 Å². The summed E-state index contributed by atoms with van der Waals surface area (Å²) in [5.74, 6) is 0.745. The molecule has 0 spiro atoms. The van der Waals surface area contributed by atoms with E-state index in [0.29, 0.717) is 6.04 Å². The number of hydrogen-bond donors (Lipinski definition) is 1. The van der Waals surface area contributed by atoms with Gasteiger partial charge in [0.05, 0.1) is 6.61 Å². The van der Waals surface area contributed by atoms with E-state index in [2.05, 4.69) is 12.2 Å². The monoisotopic (exact) mass is 129 g/mol. The quantitative estimate of drug-likeness (QED) is 0.590. The zero-order valence-electron chi connectivity index (χ0n) is 6.18. The molecule has 54 valence electrons. The average molecular weight is 129 g/mol. The van der Waals surface area contributed by atoms with Crippen molar-refractivity contribution < 1.29 is 4.74 Å². The van der Waals surface area contributed by atoms with Crippen LogP contribution in [0.4, 0.5) is 0 Å². The van der Waals surface area contributed by atoms with Crippen molar-refractivity contribution >= 4 is 0 Å². The maximum Gasteiger partial charge on any atom is 0.0505 e. The van der Waals surface area contributed by atoms with Crippen molar-refractivity contribution in [3.8, 4) is 0 Å². The van der Waals surface area contributed by atoms with Crippen molar-refractivity contribution in [1.82, 2.24) is 5.32 Å².